The van der Waals surface area contributed by atoms with E-state index in [-0.39, 0.29) is 5.60 Å². The molecule has 0 spiro atoms. The number of hydrogen-bond acceptors (Lipinski definition) is 5. The van der Waals surface area contributed by atoms with Crippen LogP contribution in [0.3, 0.4) is 0 Å². The van der Waals surface area contributed by atoms with Crippen LogP contribution in [0.15, 0.2) is 29.3 Å². The van der Waals surface area contributed by atoms with Crippen LogP contribution in [0.2, 0.25) is 5.02 Å². The Balaban J connectivity index is 1.38. The lowest BCUT2D eigenvalue weighted by atomic mass is 9.94. The highest BCUT2D eigenvalue weighted by atomic mass is 35.5. The van der Waals surface area contributed by atoms with E-state index in [2.05, 4.69) is 20.1 Å². The Morgan fingerprint density at radius 1 is 1.17 bits per heavy atom. The predicted octanol–water partition coefficient (Wildman–Crippen LogP) is 2.11. The van der Waals surface area contributed by atoms with Crippen LogP contribution in [0.5, 0.6) is 5.75 Å². The Kier molecular flexibility index (Phi) is 8.41. The molecule has 0 aromatic heterocycles. The van der Waals surface area contributed by atoms with Crippen LogP contribution in [0.1, 0.15) is 12.8 Å². The maximum absolute atomic E-state index is 5.91. The zero-order valence-electron chi connectivity index (χ0n) is 17.5. The first-order valence-electron chi connectivity index (χ1n) is 10.3. The number of hydrogen-bond donors (Lipinski definition) is 1. The number of guanidine groups is 1. The summed E-state index contributed by atoms with van der Waals surface area (Å²) >= 11 is 5.91. The van der Waals surface area contributed by atoms with E-state index in [0.29, 0.717) is 6.61 Å². The largest absolute Gasteiger partial charge is 0.492 e. The van der Waals surface area contributed by atoms with E-state index in [1.54, 1.807) is 7.11 Å². The Bertz CT molecular complexity index is 642. The Hall–Kier alpha value is -1.54. The van der Waals surface area contributed by atoms with Crippen LogP contribution in [0.25, 0.3) is 0 Å². The second-order valence-corrected chi connectivity index (χ2v) is 7.97. The topological polar surface area (TPSA) is 58.6 Å². The van der Waals surface area contributed by atoms with Gasteiger partial charge in [-0.15, -0.1) is 0 Å². The van der Waals surface area contributed by atoms with Crippen LogP contribution >= 0.6 is 11.6 Å². The normalized spacial score (nSPS) is 20.5. The van der Waals surface area contributed by atoms with Gasteiger partial charge in [-0.25, -0.2) is 0 Å². The van der Waals surface area contributed by atoms with Crippen molar-refractivity contribution in [3.63, 3.8) is 0 Å². The zero-order chi connectivity index (χ0) is 20.5. The minimum Gasteiger partial charge on any atom is -0.492 e. The summed E-state index contributed by atoms with van der Waals surface area (Å²) in [6, 6.07) is 7.51. The van der Waals surface area contributed by atoms with E-state index in [0.717, 1.165) is 82.1 Å². The van der Waals surface area contributed by atoms with E-state index >= 15 is 0 Å². The molecule has 8 heteroatoms. The lowest BCUT2D eigenvalue weighted by Gasteiger charge is -2.39. The Morgan fingerprint density at radius 3 is 2.48 bits per heavy atom. The van der Waals surface area contributed by atoms with E-state index in [4.69, 9.17) is 25.8 Å². The molecule has 1 aromatic rings. The highest BCUT2D eigenvalue weighted by Crippen LogP contribution is 2.23. The molecule has 29 heavy (non-hydrogen) atoms. The Morgan fingerprint density at radius 2 is 1.86 bits per heavy atom. The minimum atomic E-state index is -0.158. The lowest BCUT2D eigenvalue weighted by molar-refractivity contribution is -0.0858. The molecule has 0 atom stereocenters. The Labute approximate surface area is 179 Å². The number of benzene rings is 1. The molecule has 1 N–H and O–H groups in total. The summed E-state index contributed by atoms with van der Waals surface area (Å²) in [6.45, 7) is 7.74. The molecule has 2 heterocycles. The highest BCUT2D eigenvalue weighted by Gasteiger charge is 2.33. The van der Waals surface area contributed by atoms with Crippen molar-refractivity contribution in [2.24, 2.45) is 4.99 Å². The number of ether oxygens (including phenoxy) is 3. The zero-order valence-corrected chi connectivity index (χ0v) is 18.3. The summed E-state index contributed by atoms with van der Waals surface area (Å²) in [5.74, 6) is 1.81. The molecule has 0 aliphatic carbocycles. The van der Waals surface area contributed by atoms with Gasteiger partial charge in [0, 0.05) is 84.5 Å². The molecule has 1 aromatic carbocycles. The predicted molar refractivity (Wildman–Crippen MR) is 116 cm³/mol. The fourth-order valence-corrected chi connectivity index (χ4v) is 3.90. The first-order chi connectivity index (χ1) is 14.1. The monoisotopic (exact) mass is 424 g/mol. The van der Waals surface area contributed by atoms with Crippen molar-refractivity contribution in [2.45, 2.75) is 18.4 Å². The van der Waals surface area contributed by atoms with Gasteiger partial charge < -0.3 is 24.4 Å². The van der Waals surface area contributed by atoms with Gasteiger partial charge in [-0.2, -0.15) is 0 Å². The van der Waals surface area contributed by atoms with Gasteiger partial charge in [0.05, 0.1) is 5.60 Å². The quantitative estimate of drug-likeness (QED) is 0.534. The lowest BCUT2D eigenvalue weighted by Crippen LogP contribution is -2.56. The summed E-state index contributed by atoms with van der Waals surface area (Å²) < 4.78 is 17.1. The van der Waals surface area contributed by atoms with Gasteiger partial charge in [0.25, 0.3) is 0 Å². The van der Waals surface area contributed by atoms with Crippen LogP contribution in [-0.2, 0) is 9.47 Å². The SMILES string of the molecule is CN=C(NCC1(OC)CCOCC1)N1CCN(CCOc2ccc(Cl)cc2)CC1. The van der Waals surface area contributed by atoms with Crippen LogP contribution < -0.4 is 10.1 Å². The van der Waals surface area contributed by atoms with Crippen molar-refractivity contribution in [3.8, 4) is 5.75 Å². The van der Waals surface area contributed by atoms with Crippen LogP contribution in [-0.4, -0.2) is 94.6 Å². The van der Waals surface area contributed by atoms with Gasteiger partial charge in [-0.05, 0) is 24.3 Å². The van der Waals surface area contributed by atoms with Gasteiger partial charge in [0.2, 0.25) is 0 Å². The van der Waals surface area contributed by atoms with Crippen molar-refractivity contribution < 1.29 is 14.2 Å². The van der Waals surface area contributed by atoms with Gasteiger partial charge in [-0.1, -0.05) is 11.6 Å². The molecular formula is C21H33ClN4O3. The van der Waals surface area contributed by atoms with E-state index in [9.17, 15) is 0 Å². The molecule has 2 saturated heterocycles. The van der Waals surface area contributed by atoms with Crippen molar-refractivity contribution in [3.05, 3.63) is 29.3 Å². The summed E-state index contributed by atoms with van der Waals surface area (Å²) in [6.07, 6.45) is 1.82. The number of methoxy groups -OCH3 is 1. The number of rotatable bonds is 7. The molecule has 2 fully saturated rings. The van der Waals surface area contributed by atoms with Gasteiger partial charge >= 0.3 is 0 Å². The fourth-order valence-electron chi connectivity index (χ4n) is 3.78. The van der Waals surface area contributed by atoms with Crippen molar-refractivity contribution in [2.75, 3.05) is 73.2 Å². The molecule has 7 nitrogen and oxygen atoms in total. The standard InChI is InChI=1S/C21H33ClN4O3/c1-23-20(24-17-21(27-2)7-14-28-15-8-21)26-11-9-25(10-12-26)13-16-29-19-5-3-18(22)4-6-19/h3-6H,7-17H2,1-2H3,(H,23,24). The number of nitrogens with one attached hydrogen (secondary N) is 1. The summed E-state index contributed by atoms with van der Waals surface area (Å²) in [7, 11) is 3.64. The fraction of sp³-hybridized carbons (Fsp3) is 0.667. The first-order valence-corrected chi connectivity index (χ1v) is 10.7. The number of halogens is 1. The highest BCUT2D eigenvalue weighted by molar-refractivity contribution is 6.30. The minimum absolute atomic E-state index is 0.158. The maximum atomic E-state index is 5.91. The molecule has 3 rings (SSSR count). The summed E-state index contributed by atoms with van der Waals surface area (Å²) in [5.41, 5.74) is -0.158. The molecule has 162 valence electrons. The maximum Gasteiger partial charge on any atom is 0.193 e. The van der Waals surface area contributed by atoms with Crippen molar-refractivity contribution in [1.29, 1.82) is 0 Å². The van der Waals surface area contributed by atoms with Crippen LogP contribution in [0.4, 0.5) is 0 Å². The smallest absolute Gasteiger partial charge is 0.193 e. The van der Waals surface area contributed by atoms with E-state index < -0.39 is 0 Å². The molecule has 0 saturated carbocycles. The number of aliphatic imine (C=N–C) groups is 1. The summed E-state index contributed by atoms with van der Waals surface area (Å²) in [5, 5.41) is 4.25. The number of nitrogens with zero attached hydrogens (tertiary/aromatic N) is 3. The molecule has 0 unspecified atom stereocenters. The van der Waals surface area contributed by atoms with Crippen molar-refractivity contribution >= 4 is 17.6 Å². The second kappa shape index (κ2) is 11.0. The molecule has 0 bridgehead atoms. The summed E-state index contributed by atoms with van der Waals surface area (Å²) in [4.78, 5) is 9.23. The third-order valence-electron chi connectivity index (χ3n) is 5.78. The van der Waals surface area contributed by atoms with Gasteiger partial charge in [-0.3, -0.25) is 9.89 Å². The molecule has 2 aliphatic heterocycles. The van der Waals surface area contributed by atoms with Crippen LogP contribution in [0, 0.1) is 0 Å². The van der Waals surface area contributed by atoms with E-state index in [1.807, 2.05) is 31.3 Å². The van der Waals surface area contributed by atoms with E-state index in [1.165, 1.54) is 0 Å². The molecule has 2 aliphatic rings. The average molecular weight is 425 g/mol. The van der Waals surface area contributed by atoms with Crippen molar-refractivity contribution in [1.82, 2.24) is 15.1 Å². The average Bonchev–Trinajstić information content (AvgIpc) is 2.77. The third-order valence-corrected chi connectivity index (χ3v) is 6.03. The third kappa shape index (κ3) is 6.47. The first kappa shape index (κ1) is 22.2. The molecule has 0 amide bonds. The number of piperazine rings is 1. The molecular weight excluding hydrogens is 392 g/mol. The molecule has 0 radical (unpaired) electrons. The van der Waals surface area contributed by atoms with Gasteiger partial charge in [0.1, 0.15) is 12.4 Å². The second-order valence-electron chi connectivity index (χ2n) is 7.53. The van der Waals surface area contributed by atoms with Gasteiger partial charge in [0.15, 0.2) is 5.96 Å².